The number of hydrogen-bond donors (Lipinski definition) is 1. The first-order chi connectivity index (χ1) is 6.27. The maximum Gasteiger partial charge on any atom is 0.185 e. The van der Waals surface area contributed by atoms with Crippen LogP contribution >= 0.6 is 11.5 Å². The first kappa shape index (κ1) is 8.84. The molecular weight excluding hydrogens is 184 g/mol. The second kappa shape index (κ2) is 3.55. The van der Waals surface area contributed by atoms with Gasteiger partial charge >= 0.3 is 0 Å². The molecular formula is C9H12N2OS. The van der Waals surface area contributed by atoms with Crippen molar-refractivity contribution in [2.24, 2.45) is 11.7 Å². The predicted molar refractivity (Wildman–Crippen MR) is 51.8 cm³/mol. The minimum atomic E-state index is 0.122. The lowest BCUT2D eigenvalue weighted by Crippen LogP contribution is -2.18. The fourth-order valence-corrected chi connectivity index (χ4v) is 2.32. The highest BCUT2D eigenvalue weighted by atomic mass is 32.1. The maximum atomic E-state index is 11.7. The number of ketones is 1. The highest BCUT2D eigenvalue weighted by Crippen LogP contribution is 2.27. The normalized spacial score (nSPS) is 27.8. The molecule has 2 atom stereocenters. The molecule has 0 aliphatic heterocycles. The van der Waals surface area contributed by atoms with Gasteiger partial charge in [0, 0.05) is 17.3 Å². The molecule has 0 amide bonds. The SMILES string of the molecule is NC1CCC(C(=O)c2ccsn2)C1. The Morgan fingerprint density at radius 1 is 1.62 bits per heavy atom. The molecule has 3 nitrogen and oxygen atoms in total. The molecule has 2 N–H and O–H groups in total. The third kappa shape index (κ3) is 1.78. The fourth-order valence-electron chi connectivity index (χ4n) is 1.80. The number of nitrogens with zero attached hydrogens (tertiary/aromatic N) is 1. The summed E-state index contributed by atoms with van der Waals surface area (Å²) >= 11 is 1.33. The minimum Gasteiger partial charge on any atom is -0.328 e. The van der Waals surface area contributed by atoms with Crippen LogP contribution in [0.15, 0.2) is 11.4 Å². The van der Waals surface area contributed by atoms with Crippen LogP contribution in [0.1, 0.15) is 29.8 Å². The van der Waals surface area contributed by atoms with Crippen molar-refractivity contribution < 1.29 is 4.79 Å². The number of carbonyl (C=O) groups is 1. The average Bonchev–Trinajstić information content (AvgIpc) is 2.72. The van der Waals surface area contributed by atoms with E-state index in [9.17, 15) is 4.79 Å². The molecule has 70 valence electrons. The van der Waals surface area contributed by atoms with Gasteiger partial charge < -0.3 is 5.73 Å². The first-order valence-electron chi connectivity index (χ1n) is 4.47. The highest BCUT2D eigenvalue weighted by molar-refractivity contribution is 7.03. The lowest BCUT2D eigenvalue weighted by atomic mass is 10.0. The van der Waals surface area contributed by atoms with Crippen molar-refractivity contribution >= 4 is 17.3 Å². The number of aromatic nitrogens is 1. The molecule has 1 aliphatic rings. The Balaban J connectivity index is 2.06. The van der Waals surface area contributed by atoms with Gasteiger partial charge in [-0.2, -0.15) is 4.37 Å². The summed E-state index contributed by atoms with van der Waals surface area (Å²) in [6.07, 6.45) is 2.73. The van der Waals surface area contributed by atoms with E-state index in [1.807, 2.05) is 5.38 Å². The minimum absolute atomic E-state index is 0.122. The van der Waals surface area contributed by atoms with Crippen molar-refractivity contribution in [1.82, 2.24) is 4.37 Å². The Labute approximate surface area is 81.1 Å². The summed E-state index contributed by atoms with van der Waals surface area (Å²) in [5, 5.41) is 1.84. The van der Waals surface area contributed by atoms with Gasteiger partial charge in [0.25, 0.3) is 0 Å². The molecule has 13 heavy (non-hydrogen) atoms. The molecule has 2 rings (SSSR count). The summed E-state index contributed by atoms with van der Waals surface area (Å²) < 4.78 is 4.04. The monoisotopic (exact) mass is 196 g/mol. The largest absolute Gasteiger partial charge is 0.328 e. The van der Waals surface area contributed by atoms with Crippen molar-refractivity contribution in [2.45, 2.75) is 25.3 Å². The van der Waals surface area contributed by atoms with Crippen LogP contribution in [0.3, 0.4) is 0 Å². The van der Waals surface area contributed by atoms with E-state index in [1.165, 1.54) is 11.5 Å². The van der Waals surface area contributed by atoms with E-state index < -0.39 is 0 Å². The second-order valence-electron chi connectivity index (χ2n) is 3.52. The Morgan fingerprint density at radius 2 is 2.46 bits per heavy atom. The highest BCUT2D eigenvalue weighted by Gasteiger charge is 2.29. The summed E-state index contributed by atoms with van der Waals surface area (Å²) in [6, 6.07) is 2.00. The summed E-state index contributed by atoms with van der Waals surface area (Å²) in [7, 11) is 0. The van der Waals surface area contributed by atoms with Crippen molar-refractivity contribution in [3.63, 3.8) is 0 Å². The fraction of sp³-hybridized carbons (Fsp3) is 0.556. The van der Waals surface area contributed by atoms with Gasteiger partial charge in [-0.3, -0.25) is 4.79 Å². The van der Waals surface area contributed by atoms with E-state index in [4.69, 9.17) is 5.73 Å². The molecule has 1 saturated carbocycles. The molecule has 1 fully saturated rings. The zero-order valence-electron chi connectivity index (χ0n) is 7.27. The van der Waals surface area contributed by atoms with Crippen LogP contribution in [-0.4, -0.2) is 16.2 Å². The smallest absolute Gasteiger partial charge is 0.185 e. The summed E-state index contributed by atoms with van der Waals surface area (Å²) in [6.45, 7) is 0. The molecule has 0 spiro atoms. The van der Waals surface area contributed by atoms with E-state index in [1.54, 1.807) is 6.07 Å². The quantitative estimate of drug-likeness (QED) is 0.728. The number of nitrogens with two attached hydrogens (primary N) is 1. The number of carbonyl (C=O) groups excluding carboxylic acids is 1. The maximum absolute atomic E-state index is 11.7. The first-order valence-corrected chi connectivity index (χ1v) is 5.31. The van der Waals surface area contributed by atoms with Crippen molar-refractivity contribution in [3.8, 4) is 0 Å². The van der Waals surface area contributed by atoms with Crippen LogP contribution in [-0.2, 0) is 0 Å². The van der Waals surface area contributed by atoms with E-state index in [2.05, 4.69) is 4.37 Å². The molecule has 1 aromatic rings. The molecule has 1 heterocycles. The van der Waals surface area contributed by atoms with Crippen LogP contribution in [0.5, 0.6) is 0 Å². The molecule has 0 bridgehead atoms. The van der Waals surface area contributed by atoms with Gasteiger partial charge in [-0.15, -0.1) is 0 Å². The van der Waals surface area contributed by atoms with E-state index in [0.29, 0.717) is 5.69 Å². The third-order valence-electron chi connectivity index (χ3n) is 2.53. The van der Waals surface area contributed by atoms with Crippen LogP contribution < -0.4 is 5.73 Å². The van der Waals surface area contributed by atoms with Crippen LogP contribution in [0, 0.1) is 5.92 Å². The summed E-state index contributed by atoms with van der Waals surface area (Å²) in [5.41, 5.74) is 6.36. The second-order valence-corrected chi connectivity index (χ2v) is 4.18. The van der Waals surface area contributed by atoms with E-state index in [0.717, 1.165) is 19.3 Å². The third-order valence-corrected chi connectivity index (χ3v) is 3.09. The number of Topliss-reactive ketones (excluding diaryl/α,β-unsaturated/α-hetero) is 1. The number of rotatable bonds is 2. The van der Waals surface area contributed by atoms with Crippen LogP contribution in [0.2, 0.25) is 0 Å². The van der Waals surface area contributed by atoms with Crippen molar-refractivity contribution in [1.29, 1.82) is 0 Å². The zero-order valence-corrected chi connectivity index (χ0v) is 8.09. The van der Waals surface area contributed by atoms with Gasteiger partial charge in [-0.1, -0.05) is 0 Å². The summed E-state index contributed by atoms with van der Waals surface area (Å²) in [5.74, 6) is 0.298. The number of hydrogen-bond acceptors (Lipinski definition) is 4. The molecule has 4 heteroatoms. The molecule has 0 radical (unpaired) electrons. The van der Waals surface area contributed by atoms with Gasteiger partial charge in [0.05, 0.1) is 0 Å². The average molecular weight is 196 g/mol. The Bertz CT molecular complexity index is 297. The topological polar surface area (TPSA) is 56.0 Å². The van der Waals surface area contributed by atoms with E-state index >= 15 is 0 Å². The Hall–Kier alpha value is -0.740. The van der Waals surface area contributed by atoms with E-state index in [-0.39, 0.29) is 17.7 Å². The molecule has 2 unspecified atom stereocenters. The molecule has 0 aromatic carbocycles. The Kier molecular flexibility index (Phi) is 2.42. The molecule has 0 saturated heterocycles. The summed E-state index contributed by atoms with van der Waals surface area (Å²) in [4.78, 5) is 11.7. The lowest BCUT2D eigenvalue weighted by molar-refractivity contribution is 0.0918. The van der Waals surface area contributed by atoms with Gasteiger partial charge in [0.1, 0.15) is 5.69 Å². The van der Waals surface area contributed by atoms with Gasteiger partial charge in [0.15, 0.2) is 5.78 Å². The Morgan fingerprint density at radius 3 is 3.00 bits per heavy atom. The zero-order chi connectivity index (χ0) is 9.26. The van der Waals surface area contributed by atoms with Crippen molar-refractivity contribution in [2.75, 3.05) is 0 Å². The van der Waals surface area contributed by atoms with Gasteiger partial charge in [0.2, 0.25) is 0 Å². The molecule has 1 aromatic heterocycles. The standard InChI is InChI=1S/C9H12N2OS/c10-7-2-1-6(5-7)9(12)8-3-4-13-11-8/h3-4,6-7H,1-2,5,10H2. The lowest BCUT2D eigenvalue weighted by Gasteiger charge is -2.04. The van der Waals surface area contributed by atoms with Crippen LogP contribution in [0.4, 0.5) is 0 Å². The predicted octanol–water partition coefficient (Wildman–Crippen LogP) is 1.45. The van der Waals surface area contributed by atoms with Gasteiger partial charge in [-0.25, -0.2) is 0 Å². The van der Waals surface area contributed by atoms with Gasteiger partial charge in [-0.05, 0) is 36.9 Å². The van der Waals surface area contributed by atoms with Crippen LogP contribution in [0.25, 0.3) is 0 Å². The van der Waals surface area contributed by atoms with Crippen molar-refractivity contribution in [3.05, 3.63) is 17.1 Å². The molecule has 1 aliphatic carbocycles.